The van der Waals surface area contributed by atoms with Gasteiger partial charge >= 0.3 is 5.97 Å². The van der Waals surface area contributed by atoms with Crippen molar-refractivity contribution < 1.29 is 14.3 Å². The largest absolute Gasteiger partial charge is 0.466 e. The Morgan fingerprint density at radius 3 is 2.43 bits per heavy atom. The van der Waals surface area contributed by atoms with Crippen LogP contribution in [-0.4, -0.2) is 72.6 Å². The fraction of sp³-hybridized carbons (Fsp3) is 0.438. The highest BCUT2D eigenvalue weighted by Gasteiger charge is 2.30. The lowest BCUT2D eigenvalue weighted by Gasteiger charge is -2.37. The number of amides is 1. The molecular formula is C32H38ClN5O3S. The predicted molar refractivity (Wildman–Crippen MR) is 169 cm³/mol. The van der Waals surface area contributed by atoms with Crippen LogP contribution in [-0.2, 0) is 21.7 Å². The zero-order valence-electron chi connectivity index (χ0n) is 24.3. The first kappa shape index (κ1) is 30.2. The number of aryl methyl sites for hydroxylation is 1. The Hall–Kier alpha value is -3.30. The Kier molecular flexibility index (Phi) is 10.2. The van der Waals surface area contributed by atoms with Crippen molar-refractivity contribution in [3.8, 4) is 0 Å². The fourth-order valence-electron chi connectivity index (χ4n) is 5.44. The van der Waals surface area contributed by atoms with Crippen LogP contribution in [0.3, 0.4) is 0 Å². The lowest BCUT2D eigenvalue weighted by atomic mass is 9.97. The molecule has 1 unspecified atom stereocenters. The molecule has 2 fully saturated rings. The average molecular weight is 608 g/mol. The zero-order valence-corrected chi connectivity index (χ0v) is 25.9. The molecule has 10 heteroatoms. The van der Waals surface area contributed by atoms with E-state index in [0.717, 1.165) is 78.4 Å². The molecule has 2 aromatic carbocycles. The number of hydrogen-bond acceptors (Lipinski definition) is 8. The minimum atomic E-state index is -0.242. The summed E-state index contributed by atoms with van der Waals surface area (Å²) in [6, 6.07) is 17.8. The summed E-state index contributed by atoms with van der Waals surface area (Å²) in [4.78, 5) is 41.4. The molecule has 1 atom stereocenters. The molecule has 222 valence electrons. The SMILES string of the molecule is CCOC(=O)C1CCCN(C(=O)c2ccc(CSc3nc(CC)cc(N4CCN(c5ccccc5Cl)CC4)n3)cc2)C1. The maximum absolute atomic E-state index is 13.1. The number of nitrogens with zero attached hydrogens (tertiary/aromatic N) is 5. The molecule has 0 bridgehead atoms. The second-order valence-corrected chi connectivity index (χ2v) is 12.0. The van der Waals surface area contributed by atoms with Gasteiger partial charge < -0.3 is 19.4 Å². The van der Waals surface area contributed by atoms with Gasteiger partial charge in [0.15, 0.2) is 5.16 Å². The van der Waals surface area contributed by atoms with E-state index in [1.165, 1.54) is 0 Å². The van der Waals surface area contributed by atoms with Crippen LogP contribution in [0.15, 0.2) is 59.8 Å². The van der Waals surface area contributed by atoms with Gasteiger partial charge in [0.25, 0.3) is 5.91 Å². The monoisotopic (exact) mass is 607 g/mol. The number of rotatable bonds is 9. The molecule has 1 aromatic heterocycles. The molecule has 3 heterocycles. The van der Waals surface area contributed by atoms with Crippen molar-refractivity contribution >= 4 is 46.7 Å². The van der Waals surface area contributed by atoms with E-state index in [9.17, 15) is 9.59 Å². The summed E-state index contributed by atoms with van der Waals surface area (Å²) in [5.74, 6) is 1.18. The summed E-state index contributed by atoms with van der Waals surface area (Å²) >= 11 is 8.04. The Bertz CT molecular complexity index is 1380. The van der Waals surface area contributed by atoms with E-state index in [-0.39, 0.29) is 17.8 Å². The first-order valence-electron chi connectivity index (χ1n) is 14.7. The molecule has 1 amide bonds. The van der Waals surface area contributed by atoms with Crippen molar-refractivity contribution in [1.29, 1.82) is 0 Å². The number of thioether (sulfide) groups is 1. The second kappa shape index (κ2) is 14.2. The van der Waals surface area contributed by atoms with Crippen molar-refractivity contribution in [3.63, 3.8) is 0 Å². The number of esters is 1. The number of piperazine rings is 1. The third kappa shape index (κ3) is 7.36. The van der Waals surface area contributed by atoms with Gasteiger partial charge in [-0.15, -0.1) is 0 Å². The average Bonchev–Trinajstić information content (AvgIpc) is 3.04. The number of benzene rings is 2. The van der Waals surface area contributed by atoms with Crippen LogP contribution < -0.4 is 9.80 Å². The van der Waals surface area contributed by atoms with Gasteiger partial charge in [-0.3, -0.25) is 9.59 Å². The molecule has 0 radical (unpaired) electrons. The number of para-hydroxylation sites is 1. The van der Waals surface area contributed by atoms with E-state index >= 15 is 0 Å². The summed E-state index contributed by atoms with van der Waals surface area (Å²) in [5, 5.41) is 1.54. The van der Waals surface area contributed by atoms with Gasteiger partial charge in [0.1, 0.15) is 5.82 Å². The number of halogens is 1. The number of anilines is 2. The van der Waals surface area contributed by atoms with Gasteiger partial charge in [-0.25, -0.2) is 9.97 Å². The number of piperidine rings is 1. The summed E-state index contributed by atoms with van der Waals surface area (Å²) in [5.41, 5.74) is 3.84. The quantitative estimate of drug-likeness (QED) is 0.173. The highest BCUT2D eigenvalue weighted by molar-refractivity contribution is 7.98. The molecule has 0 aliphatic carbocycles. The number of hydrogen-bond donors (Lipinski definition) is 0. The second-order valence-electron chi connectivity index (χ2n) is 10.6. The van der Waals surface area contributed by atoms with Crippen LogP contribution in [0, 0.1) is 5.92 Å². The lowest BCUT2D eigenvalue weighted by Crippen LogP contribution is -2.47. The zero-order chi connectivity index (χ0) is 29.5. The molecule has 42 heavy (non-hydrogen) atoms. The van der Waals surface area contributed by atoms with Crippen LogP contribution in [0.4, 0.5) is 11.5 Å². The van der Waals surface area contributed by atoms with Crippen LogP contribution >= 0.6 is 23.4 Å². The van der Waals surface area contributed by atoms with E-state index in [4.69, 9.17) is 26.3 Å². The minimum Gasteiger partial charge on any atom is -0.466 e. The fourth-order valence-corrected chi connectivity index (χ4v) is 6.52. The minimum absolute atomic E-state index is 0.0403. The van der Waals surface area contributed by atoms with Gasteiger partial charge in [0.2, 0.25) is 0 Å². The Morgan fingerprint density at radius 2 is 1.71 bits per heavy atom. The standard InChI is InChI=1S/C32H38ClN5O3S/c1-3-26-20-29(37-18-16-36(17-19-37)28-10-6-5-9-27(28)33)35-32(34-26)42-22-23-11-13-24(14-12-23)30(39)38-15-7-8-25(21-38)31(40)41-4-2/h5-6,9-14,20,25H,3-4,7-8,15-19,21-22H2,1-2H3. The van der Waals surface area contributed by atoms with E-state index in [1.807, 2.05) is 42.5 Å². The highest BCUT2D eigenvalue weighted by Crippen LogP contribution is 2.28. The number of likely N-dealkylation sites (tertiary alicyclic amines) is 1. The van der Waals surface area contributed by atoms with Crippen molar-refractivity contribution in [2.75, 3.05) is 55.7 Å². The van der Waals surface area contributed by atoms with Gasteiger partial charge in [-0.1, -0.05) is 54.6 Å². The smallest absolute Gasteiger partial charge is 0.310 e. The molecule has 2 saturated heterocycles. The summed E-state index contributed by atoms with van der Waals surface area (Å²) in [7, 11) is 0. The molecule has 8 nitrogen and oxygen atoms in total. The number of carbonyl (C=O) groups is 2. The number of ether oxygens (including phenoxy) is 1. The van der Waals surface area contributed by atoms with Crippen molar-refractivity contribution in [1.82, 2.24) is 14.9 Å². The Labute approximate surface area is 257 Å². The molecule has 0 saturated carbocycles. The predicted octanol–water partition coefficient (Wildman–Crippen LogP) is 5.73. The molecule has 5 rings (SSSR count). The van der Waals surface area contributed by atoms with E-state index in [2.05, 4.69) is 28.9 Å². The normalized spacial score (nSPS) is 17.3. The highest BCUT2D eigenvalue weighted by atomic mass is 35.5. The molecular weight excluding hydrogens is 570 g/mol. The van der Waals surface area contributed by atoms with Gasteiger partial charge in [0.05, 0.1) is 23.2 Å². The lowest BCUT2D eigenvalue weighted by molar-refractivity contribution is -0.149. The Morgan fingerprint density at radius 1 is 0.976 bits per heavy atom. The third-order valence-corrected chi connectivity index (χ3v) is 9.04. The molecule has 2 aliphatic heterocycles. The van der Waals surface area contributed by atoms with Crippen molar-refractivity contribution in [2.24, 2.45) is 5.92 Å². The molecule has 0 N–H and O–H groups in total. The first-order valence-corrected chi connectivity index (χ1v) is 16.1. The van der Waals surface area contributed by atoms with E-state index < -0.39 is 0 Å². The van der Waals surface area contributed by atoms with Crippen molar-refractivity contribution in [2.45, 2.75) is 44.0 Å². The summed E-state index contributed by atoms with van der Waals surface area (Å²) < 4.78 is 5.18. The van der Waals surface area contributed by atoms with Gasteiger partial charge in [0, 0.05) is 62.3 Å². The number of carbonyl (C=O) groups excluding carboxylic acids is 2. The van der Waals surface area contributed by atoms with Crippen LogP contribution in [0.5, 0.6) is 0 Å². The van der Waals surface area contributed by atoms with E-state index in [1.54, 1.807) is 23.6 Å². The van der Waals surface area contributed by atoms with Gasteiger partial charge in [-0.05, 0) is 56.0 Å². The van der Waals surface area contributed by atoms with Crippen molar-refractivity contribution in [3.05, 3.63) is 76.4 Å². The van der Waals surface area contributed by atoms with E-state index in [0.29, 0.717) is 31.0 Å². The van der Waals surface area contributed by atoms with Crippen LogP contribution in [0.2, 0.25) is 5.02 Å². The summed E-state index contributed by atoms with van der Waals surface area (Å²) in [6.07, 6.45) is 2.41. The first-order chi connectivity index (χ1) is 20.4. The van der Waals surface area contributed by atoms with Gasteiger partial charge in [-0.2, -0.15) is 0 Å². The number of aromatic nitrogens is 2. The topological polar surface area (TPSA) is 78.9 Å². The molecule has 2 aliphatic rings. The third-order valence-electron chi connectivity index (χ3n) is 7.80. The summed E-state index contributed by atoms with van der Waals surface area (Å²) in [6.45, 7) is 8.84. The van der Waals surface area contributed by atoms with Crippen LogP contribution in [0.1, 0.15) is 48.3 Å². The Balaban J connectivity index is 1.18. The molecule has 3 aromatic rings. The maximum Gasteiger partial charge on any atom is 0.310 e. The molecule has 0 spiro atoms. The maximum atomic E-state index is 13.1. The van der Waals surface area contributed by atoms with Crippen LogP contribution in [0.25, 0.3) is 0 Å².